The molecule has 13 heavy (non-hydrogen) atoms. The van der Waals surface area contributed by atoms with E-state index in [0.717, 1.165) is 15.5 Å². The number of halogens is 1. The van der Waals surface area contributed by atoms with E-state index in [2.05, 4.69) is 0 Å². The minimum absolute atomic E-state index is 0.736. The van der Waals surface area contributed by atoms with Gasteiger partial charge in [-0.2, -0.15) is 0 Å². The summed E-state index contributed by atoms with van der Waals surface area (Å²) in [7, 11) is 0. The SMILES string of the molecule is Cc1cc(SC(C)(C)O)ccc1Cl. The molecule has 0 aliphatic heterocycles. The summed E-state index contributed by atoms with van der Waals surface area (Å²) < 4.78 is 0. The Bertz CT molecular complexity index is 304. The predicted molar refractivity (Wildman–Crippen MR) is 58.3 cm³/mol. The van der Waals surface area contributed by atoms with Gasteiger partial charge in [0.05, 0.1) is 0 Å². The Hall–Kier alpha value is -0.180. The predicted octanol–water partition coefficient (Wildman–Crippen LogP) is 3.47. The molecule has 0 aliphatic rings. The quantitative estimate of drug-likeness (QED) is 0.604. The second-order valence-corrected chi connectivity index (χ2v) is 5.54. The largest absolute Gasteiger partial charge is 0.380 e. The molecular formula is C10H13ClOS. The summed E-state index contributed by atoms with van der Waals surface area (Å²) in [6.07, 6.45) is 0. The average Bonchev–Trinajstić information content (AvgIpc) is 1.94. The molecule has 0 heterocycles. The van der Waals surface area contributed by atoms with Crippen molar-refractivity contribution in [2.75, 3.05) is 0 Å². The summed E-state index contributed by atoms with van der Waals surface area (Å²) in [4.78, 5) is 0.301. The fraction of sp³-hybridized carbons (Fsp3) is 0.400. The van der Waals surface area contributed by atoms with Crippen LogP contribution in [-0.2, 0) is 0 Å². The van der Waals surface area contributed by atoms with Gasteiger partial charge in [-0.1, -0.05) is 23.4 Å². The van der Waals surface area contributed by atoms with Gasteiger partial charge in [0.25, 0.3) is 0 Å². The molecule has 1 aromatic carbocycles. The van der Waals surface area contributed by atoms with Crippen molar-refractivity contribution in [3.8, 4) is 0 Å². The molecule has 0 amide bonds. The molecule has 1 aromatic rings. The topological polar surface area (TPSA) is 20.2 Å². The third-order valence-corrected chi connectivity index (χ3v) is 2.91. The highest BCUT2D eigenvalue weighted by atomic mass is 35.5. The van der Waals surface area contributed by atoms with E-state index in [-0.39, 0.29) is 0 Å². The molecule has 0 bridgehead atoms. The summed E-state index contributed by atoms with van der Waals surface area (Å²) in [6, 6.07) is 5.74. The molecule has 0 saturated heterocycles. The first-order valence-corrected chi connectivity index (χ1v) is 5.25. The maximum Gasteiger partial charge on any atom is 0.109 e. The second kappa shape index (κ2) is 3.91. The van der Waals surface area contributed by atoms with Crippen LogP contribution in [0, 0.1) is 6.92 Å². The summed E-state index contributed by atoms with van der Waals surface area (Å²) in [6.45, 7) is 5.49. The molecule has 72 valence electrons. The Morgan fingerprint density at radius 3 is 2.46 bits per heavy atom. The van der Waals surface area contributed by atoms with Crippen LogP contribution in [-0.4, -0.2) is 10.0 Å². The highest BCUT2D eigenvalue weighted by Crippen LogP contribution is 2.31. The lowest BCUT2D eigenvalue weighted by Gasteiger charge is -2.16. The fourth-order valence-corrected chi connectivity index (χ4v) is 2.04. The zero-order chi connectivity index (χ0) is 10.1. The van der Waals surface area contributed by atoms with Crippen molar-refractivity contribution < 1.29 is 5.11 Å². The van der Waals surface area contributed by atoms with Crippen molar-refractivity contribution in [3.05, 3.63) is 28.8 Å². The van der Waals surface area contributed by atoms with Gasteiger partial charge in [-0.25, -0.2) is 0 Å². The first kappa shape index (κ1) is 10.9. The van der Waals surface area contributed by atoms with Crippen molar-refractivity contribution in [2.45, 2.75) is 30.6 Å². The zero-order valence-electron chi connectivity index (χ0n) is 7.97. The smallest absolute Gasteiger partial charge is 0.109 e. The summed E-state index contributed by atoms with van der Waals surface area (Å²) >= 11 is 7.30. The van der Waals surface area contributed by atoms with E-state index in [1.54, 1.807) is 13.8 Å². The Morgan fingerprint density at radius 1 is 1.38 bits per heavy atom. The van der Waals surface area contributed by atoms with Crippen molar-refractivity contribution in [3.63, 3.8) is 0 Å². The molecular weight excluding hydrogens is 204 g/mol. The second-order valence-electron chi connectivity index (χ2n) is 3.46. The number of thioether (sulfide) groups is 1. The Morgan fingerprint density at radius 2 is 2.00 bits per heavy atom. The molecule has 0 atom stereocenters. The van der Waals surface area contributed by atoms with Crippen LogP contribution >= 0.6 is 23.4 Å². The van der Waals surface area contributed by atoms with Gasteiger partial charge in [-0.05, 0) is 44.5 Å². The van der Waals surface area contributed by atoms with Crippen molar-refractivity contribution in [2.24, 2.45) is 0 Å². The third-order valence-electron chi connectivity index (χ3n) is 1.50. The number of benzene rings is 1. The van der Waals surface area contributed by atoms with Crippen LogP contribution in [0.5, 0.6) is 0 Å². The minimum Gasteiger partial charge on any atom is -0.380 e. The van der Waals surface area contributed by atoms with Gasteiger partial charge in [-0.15, -0.1) is 0 Å². The Kier molecular flexibility index (Phi) is 3.28. The molecule has 0 fully saturated rings. The summed E-state index contributed by atoms with van der Waals surface area (Å²) in [5, 5.41) is 10.3. The lowest BCUT2D eigenvalue weighted by molar-refractivity contribution is 0.179. The van der Waals surface area contributed by atoms with E-state index in [9.17, 15) is 5.11 Å². The van der Waals surface area contributed by atoms with Crippen molar-refractivity contribution in [1.82, 2.24) is 0 Å². The highest BCUT2D eigenvalue weighted by molar-refractivity contribution is 8.00. The van der Waals surface area contributed by atoms with Crippen LogP contribution in [0.4, 0.5) is 0 Å². The van der Waals surface area contributed by atoms with Crippen LogP contribution in [0.2, 0.25) is 5.02 Å². The lowest BCUT2D eigenvalue weighted by atomic mass is 10.2. The van der Waals surface area contributed by atoms with Crippen molar-refractivity contribution in [1.29, 1.82) is 0 Å². The maximum atomic E-state index is 9.56. The van der Waals surface area contributed by atoms with Gasteiger partial charge in [0.15, 0.2) is 0 Å². The van der Waals surface area contributed by atoms with E-state index in [1.165, 1.54) is 11.8 Å². The average molecular weight is 217 g/mol. The van der Waals surface area contributed by atoms with E-state index >= 15 is 0 Å². The lowest BCUT2D eigenvalue weighted by Crippen LogP contribution is -2.11. The monoisotopic (exact) mass is 216 g/mol. The summed E-state index contributed by atoms with van der Waals surface area (Å²) in [5.74, 6) is 0. The van der Waals surface area contributed by atoms with Gasteiger partial charge in [0.1, 0.15) is 4.93 Å². The number of rotatable bonds is 2. The van der Waals surface area contributed by atoms with Crippen LogP contribution in [0.25, 0.3) is 0 Å². The van der Waals surface area contributed by atoms with Gasteiger partial charge in [0, 0.05) is 9.92 Å². The number of hydrogen-bond donors (Lipinski definition) is 1. The molecule has 0 aromatic heterocycles. The van der Waals surface area contributed by atoms with Crippen LogP contribution < -0.4 is 0 Å². The van der Waals surface area contributed by atoms with Gasteiger partial charge >= 0.3 is 0 Å². The van der Waals surface area contributed by atoms with E-state index in [0.29, 0.717) is 0 Å². The number of aryl methyl sites for hydroxylation is 1. The first-order valence-electron chi connectivity index (χ1n) is 4.06. The van der Waals surface area contributed by atoms with Crippen LogP contribution in [0.15, 0.2) is 23.1 Å². The fourth-order valence-electron chi connectivity index (χ4n) is 0.969. The zero-order valence-corrected chi connectivity index (χ0v) is 9.54. The molecule has 1 rings (SSSR count). The first-order chi connectivity index (χ1) is 5.88. The molecule has 0 spiro atoms. The van der Waals surface area contributed by atoms with Crippen LogP contribution in [0.1, 0.15) is 19.4 Å². The Labute approximate surface area is 88.1 Å². The third kappa shape index (κ3) is 3.59. The number of aliphatic hydroxyl groups is 1. The highest BCUT2D eigenvalue weighted by Gasteiger charge is 2.14. The molecule has 3 heteroatoms. The molecule has 1 N–H and O–H groups in total. The molecule has 1 nitrogen and oxygen atoms in total. The van der Waals surface area contributed by atoms with Crippen molar-refractivity contribution >= 4 is 23.4 Å². The minimum atomic E-state index is -0.736. The van der Waals surface area contributed by atoms with E-state index in [4.69, 9.17) is 11.6 Å². The molecule has 0 radical (unpaired) electrons. The van der Waals surface area contributed by atoms with Gasteiger partial charge in [0.2, 0.25) is 0 Å². The number of hydrogen-bond acceptors (Lipinski definition) is 2. The standard InChI is InChI=1S/C10H13ClOS/c1-7-6-8(4-5-9(7)11)13-10(2,3)12/h4-6,12H,1-3H3. The van der Waals surface area contributed by atoms with E-state index < -0.39 is 4.93 Å². The maximum absolute atomic E-state index is 9.56. The normalized spacial score (nSPS) is 11.8. The van der Waals surface area contributed by atoms with Gasteiger partial charge < -0.3 is 5.11 Å². The molecule has 0 saturated carbocycles. The van der Waals surface area contributed by atoms with Gasteiger partial charge in [-0.3, -0.25) is 0 Å². The summed E-state index contributed by atoms with van der Waals surface area (Å²) in [5.41, 5.74) is 1.04. The van der Waals surface area contributed by atoms with Crippen LogP contribution in [0.3, 0.4) is 0 Å². The Balaban J connectivity index is 2.86. The molecule has 0 unspecified atom stereocenters. The van der Waals surface area contributed by atoms with E-state index in [1.807, 2.05) is 25.1 Å². The molecule has 0 aliphatic carbocycles.